The standard InChI is InChI=1S/C33H37N9O/c1-6-30(43)37-28-16-27(21(2)15-29(28)41(5)14-13-40(3)4)38-33-34-19-25(23-17-35-36-18-23)31(39-33)26-20-42-12-8-10-22-9-7-11-24(26)32(22)42/h6-7,9,11,15-20H,1,8,10,12-14H2,2-5H3,(H,35,36)(H,37,43)(H,34,38,39). The largest absolute Gasteiger partial charge is 0.372 e. The molecule has 0 radical (unpaired) electrons. The van der Waals surface area contributed by atoms with Crippen molar-refractivity contribution in [1.29, 1.82) is 0 Å². The number of likely N-dealkylation sites (N-methyl/N-ethyl adjacent to an activating group) is 2. The maximum absolute atomic E-state index is 12.4. The van der Waals surface area contributed by atoms with Gasteiger partial charge >= 0.3 is 0 Å². The maximum Gasteiger partial charge on any atom is 0.247 e. The molecule has 10 nitrogen and oxygen atoms in total. The van der Waals surface area contributed by atoms with Gasteiger partial charge in [0.25, 0.3) is 0 Å². The van der Waals surface area contributed by atoms with Crippen LogP contribution in [0, 0.1) is 6.92 Å². The molecule has 0 saturated heterocycles. The van der Waals surface area contributed by atoms with E-state index in [1.807, 2.05) is 46.5 Å². The van der Waals surface area contributed by atoms with Gasteiger partial charge in [-0.1, -0.05) is 24.8 Å². The summed E-state index contributed by atoms with van der Waals surface area (Å²) in [6.45, 7) is 8.33. The van der Waals surface area contributed by atoms with Crippen LogP contribution >= 0.6 is 0 Å². The van der Waals surface area contributed by atoms with Crippen LogP contribution < -0.4 is 15.5 Å². The molecule has 10 heteroatoms. The minimum absolute atomic E-state index is 0.270. The lowest BCUT2D eigenvalue weighted by molar-refractivity contribution is -0.111. The van der Waals surface area contributed by atoms with Crippen LogP contribution in [0.3, 0.4) is 0 Å². The van der Waals surface area contributed by atoms with Crippen LogP contribution in [-0.4, -0.2) is 69.8 Å². The second-order valence-electron chi connectivity index (χ2n) is 11.3. The first-order chi connectivity index (χ1) is 20.8. The number of anilines is 4. The van der Waals surface area contributed by atoms with Gasteiger partial charge < -0.3 is 25.0 Å². The molecule has 1 aliphatic heterocycles. The zero-order chi connectivity index (χ0) is 30.1. The molecular weight excluding hydrogens is 538 g/mol. The van der Waals surface area contributed by atoms with E-state index in [4.69, 9.17) is 9.97 Å². The van der Waals surface area contributed by atoms with Crippen LogP contribution in [0.4, 0.5) is 23.0 Å². The summed E-state index contributed by atoms with van der Waals surface area (Å²) in [7, 11) is 6.11. The van der Waals surface area contributed by atoms with Crippen molar-refractivity contribution in [2.24, 2.45) is 0 Å². The Morgan fingerprint density at radius 1 is 1.14 bits per heavy atom. The number of amides is 1. The molecule has 0 spiro atoms. The predicted octanol–water partition coefficient (Wildman–Crippen LogP) is 5.61. The number of H-pyrrole nitrogens is 1. The Kier molecular flexibility index (Phi) is 7.69. The van der Waals surface area contributed by atoms with Crippen molar-refractivity contribution < 1.29 is 4.79 Å². The summed E-state index contributed by atoms with van der Waals surface area (Å²) in [5.41, 5.74) is 9.77. The van der Waals surface area contributed by atoms with Gasteiger partial charge in [0.15, 0.2) is 0 Å². The highest BCUT2D eigenvalue weighted by atomic mass is 16.1. The van der Waals surface area contributed by atoms with Crippen LogP contribution in [0.15, 0.2) is 67.8 Å². The van der Waals surface area contributed by atoms with Gasteiger partial charge in [0.2, 0.25) is 11.9 Å². The van der Waals surface area contributed by atoms with Crippen molar-refractivity contribution >= 4 is 39.8 Å². The van der Waals surface area contributed by atoms with E-state index in [1.165, 1.54) is 22.5 Å². The predicted molar refractivity (Wildman–Crippen MR) is 174 cm³/mol. The van der Waals surface area contributed by atoms with Crippen LogP contribution in [0.1, 0.15) is 17.5 Å². The molecule has 0 fully saturated rings. The van der Waals surface area contributed by atoms with Crippen molar-refractivity contribution in [1.82, 2.24) is 29.6 Å². The number of carbonyl (C=O) groups excluding carboxylic acids is 1. The zero-order valence-corrected chi connectivity index (χ0v) is 25.1. The van der Waals surface area contributed by atoms with Gasteiger partial charge in [-0.25, -0.2) is 9.97 Å². The molecule has 1 amide bonds. The number of hydrogen-bond acceptors (Lipinski definition) is 7. The number of aromatic nitrogens is 5. The highest BCUT2D eigenvalue weighted by molar-refractivity contribution is 6.02. The number of benzene rings is 2. The van der Waals surface area contributed by atoms with E-state index >= 15 is 0 Å². The van der Waals surface area contributed by atoms with E-state index in [9.17, 15) is 4.79 Å². The molecule has 220 valence electrons. The molecule has 43 heavy (non-hydrogen) atoms. The normalized spacial score (nSPS) is 12.5. The van der Waals surface area contributed by atoms with Gasteiger partial charge in [-0.2, -0.15) is 5.10 Å². The number of aryl methyl sites for hydroxylation is 3. The number of hydrogen-bond donors (Lipinski definition) is 3. The molecule has 4 heterocycles. The highest BCUT2D eigenvalue weighted by Crippen LogP contribution is 2.39. The van der Waals surface area contributed by atoms with Gasteiger partial charge in [-0.05, 0) is 63.2 Å². The molecule has 1 aliphatic rings. The summed E-state index contributed by atoms with van der Waals surface area (Å²) in [4.78, 5) is 26.5. The number of para-hydroxylation sites is 1. The van der Waals surface area contributed by atoms with Crippen LogP contribution in [0.25, 0.3) is 33.3 Å². The van der Waals surface area contributed by atoms with Gasteiger partial charge in [0.05, 0.1) is 28.8 Å². The van der Waals surface area contributed by atoms with E-state index in [-0.39, 0.29) is 5.91 Å². The minimum atomic E-state index is -0.270. The van der Waals surface area contributed by atoms with Crippen molar-refractivity contribution in [3.05, 3.63) is 78.9 Å². The maximum atomic E-state index is 12.4. The summed E-state index contributed by atoms with van der Waals surface area (Å²) in [5, 5.41) is 14.7. The first-order valence-electron chi connectivity index (χ1n) is 14.5. The lowest BCUT2D eigenvalue weighted by Crippen LogP contribution is -2.29. The second-order valence-corrected chi connectivity index (χ2v) is 11.3. The number of carbonyl (C=O) groups is 1. The van der Waals surface area contributed by atoms with Crippen molar-refractivity contribution in [3.63, 3.8) is 0 Å². The van der Waals surface area contributed by atoms with Crippen LogP contribution in [0.2, 0.25) is 0 Å². The average Bonchev–Trinajstić information content (AvgIpc) is 3.67. The molecule has 0 aliphatic carbocycles. The molecule has 0 saturated carbocycles. The fourth-order valence-electron chi connectivity index (χ4n) is 5.72. The third-order valence-corrected chi connectivity index (χ3v) is 8.01. The van der Waals surface area contributed by atoms with Crippen molar-refractivity contribution in [2.75, 3.05) is 49.8 Å². The zero-order valence-electron chi connectivity index (χ0n) is 25.1. The molecule has 3 aromatic heterocycles. The molecule has 2 aromatic carbocycles. The summed E-state index contributed by atoms with van der Waals surface area (Å²) in [6.07, 6.45) is 11.2. The number of nitrogens with one attached hydrogen (secondary N) is 3. The Balaban J connectivity index is 1.42. The summed E-state index contributed by atoms with van der Waals surface area (Å²) >= 11 is 0. The Morgan fingerprint density at radius 2 is 2.00 bits per heavy atom. The highest BCUT2D eigenvalue weighted by Gasteiger charge is 2.22. The molecular formula is C33H37N9O. The fraction of sp³-hybridized carbons (Fsp3) is 0.273. The van der Waals surface area contributed by atoms with Crippen molar-refractivity contribution in [3.8, 4) is 22.4 Å². The minimum Gasteiger partial charge on any atom is -0.372 e. The first-order valence-corrected chi connectivity index (χ1v) is 14.5. The van der Waals surface area contributed by atoms with Crippen molar-refractivity contribution in [2.45, 2.75) is 26.3 Å². The molecule has 6 rings (SSSR count). The first kappa shape index (κ1) is 28.2. The van der Waals surface area contributed by atoms with E-state index in [1.54, 1.807) is 6.20 Å². The second kappa shape index (κ2) is 11.7. The molecule has 5 aromatic rings. The van der Waals surface area contributed by atoms with E-state index in [0.717, 1.165) is 71.8 Å². The topological polar surface area (TPSA) is 107 Å². The quantitative estimate of drug-likeness (QED) is 0.186. The Bertz CT molecular complexity index is 1800. The smallest absolute Gasteiger partial charge is 0.247 e. The lowest BCUT2D eigenvalue weighted by atomic mass is 9.99. The number of aromatic amines is 1. The monoisotopic (exact) mass is 575 g/mol. The van der Waals surface area contributed by atoms with E-state index in [0.29, 0.717) is 11.6 Å². The molecule has 0 bridgehead atoms. The van der Waals surface area contributed by atoms with E-state index < -0.39 is 0 Å². The van der Waals surface area contributed by atoms with Gasteiger partial charge in [-0.15, -0.1) is 0 Å². The summed E-state index contributed by atoms with van der Waals surface area (Å²) in [5.74, 6) is 0.195. The SMILES string of the molecule is C=CC(=O)Nc1cc(Nc2ncc(-c3cn[nH]c3)c(-c3cn4c5c(cccc35)CCC4)n2)c(C)cc1N(C)CCN(C)C. The molecule has 0 unspecified atom stereocenters. The summed E-state index contributed by atoms with van der Waals surface area (Å²) < 4.78 is 2.35. The lowest BCUT2D eigenvalue weighted by Gasteiger charge is -2.25. The summed E-state index contributed by atoms with van der Waals surface area (Å²) in [6, 6.07) is 10.5. The van der Waals surface area contributed by atoms with Crippen LogP contribution in [-0.2, 0) is 17.8 Å². The fourth-order valence-corrected chi connectivity index (χ4v) is 5.72. The van der Waals surface area contributed by atoms with Gasteiger partial charge in [-0.3, -0.25) is 9.89 Å². The average molecular weight is 576 g/mol. The van der Waals surface area contributed by atoms with Gasteiger partial charge in [0.1, 0.15) is 0 Å². The third kappa shape index (κ3) is 5.61. The van der Waals surface area contributed by atoms with Crippen LogP contribution in [0.5, 0.6) is 0 Å². The molecule has 3 N–H and O–H groups in total. The number of rotatable bonds is 10. The third-order valence-electron chi connectivity index (χ3n) is 8.01. The molecule has 0 atom stereocenters. The van der Waals surface area contributed by atoms with Gasteiger partial charge in [0, 0.05) is 73.0 Å². The Morgan fingerprint density at radius 3 is 2.77 bits per heavy atom. The van der Waals surface area contributed by atoms with E-state index in [2.05, 4.69) is 72.2 Å². The number of nitrogens with zero attached hydrogens (tertiary/aromatic N) is 6. The Labute approximate surface area is 251 Å². The Hall–Kier alpha value is -4.96.